The summed E-state index contributed by atoms with van der Waals surface area (Å²) < 4.78 is 5.53. The van der Waals surface area contributed by atoms with Gasteiger partial charge in [0.1, 0.15) is 5.75 Å². The Hall–Kier alpha value is -1.51. The van der Waals surface area contributed by atoms with Gasteiger partial charge in [0.2, 0.25) is 0 Å². The molecule has 1 fully saturated rings. The molecule has 0 radical (unpaired) electrons. The number of aliphatic imine (C=N–C) groups is 1. The van der Waals surface area contributed by atoms with E-state index >= 15 is 0 Å². The Balaban J connectivity index is 0.00000288. The summed E-state index contributed by atoms with van der Waals surface area (Å²) in [6.45, 7) is 3.52. The van der Waals surface area contributed by atoms with E-state index in [0.29, 0.717) is 18.3 Å². The van der Waals surface area contributed by atoms with Crippen molar-refractivity contribution in [3.8, 4) is 5.75 Å². The Morgan fingerprint density at radius 1 is 1.38 bits per heavy atom. The van der Waals surface area contributed by atoms with Crippen LogP contribution in [0.2, 0.25) is 0 Å². The highest BCUT2D eigenvalue weighted by Gasteiger charge is 2.22. The maximum Gasteiger partial charge on any atom is 0.259 e. The molecule has 0 spiro atoms. The number of hydrogen-bond acceptors (Lipinski definition) is 3. The van der Waals surface area contributed by atoms with Crippen molar-refractivity contribution in [1.29, 1.82) is 0 Å². The Labute approximate surface area is 161 Å². The molecule has 2 N–H and O–H groups in total. The van der Waals surface area contributed by atoms with Crippen molar-refractivity contribution in [2.75, 3.05) is 27.2 Å². The summed E-state index contributed by atoms with van der Waals surface area (Å²) in [5, 5.41) is 6.64. The topological polar surface area (TPSA) is 66.0 Å². The van der Waals surface area contributed by atoms with E-state index in [0.717, 1.165) is 18.1 Å². The fraction of sp³-hybridized carbons (Fsp3) is 0.529. The van der Waals surface area contributed by atoms with Crippen molar-refractivity contribution in [2.45, 2.75) is 32.4 Å². The standard InChI is InChI=1S/C17H26N4O2.HI/c1-4-18-17(20-14-8-9-14)19-11-13-6-5-7-15(10-13)23-12-16(22)21(2)3;/h5-7,10,14H,4,8-9,11-12H2,1-3H3,(H2,18,19,20);1H. The minimum atomic E-state index is -0.0588. The van der Waals surface area contributed by atoms with Crippen LogP contribution in [0, 0.1) is 0 Å². The zero-order valence-electron chi connectivity index (χ0n) is 14.5. The lowest BCUT2D eigenvalue weighted by Gasteiger charge is -2.12. The number of benzene rings is 1. The Kier molecular flexibility index (Phi) is 8.88. The zero-order chi connectivity index (χ0) is 16.7. The van der Waals surface area contributed by atoms with Gasteiger partial charge in [0.05, 0.1) is 6.54 Å². The summed E-state index contributed by atoms with van der Waals surface area (Å²) in [5.41, 5.74) is 1.05. The lowest BCUT2D eigenvalue weighted by molar-refractivity contribution is -0.130. The fourth-order valence-electron chi connectivity index (χ4n) is 1.92. The molecule has 1 amide bonds. The van der Waals surface area contributed by atoms with Gasteiger partial charge in [0, 0.05) is 26.7 Å². The second kappa shape index (κ2) is 10.4. The van der Waals surface area contributed by atoms with Crippen molar-refractivity contribution >= 4 is 35.8 Å². The number of halogens is 1. The summed E-state index contributed by atoms with van der Waals surface area (Å²) in [7, 11) is 3.43. The third-order valence-corrected chi connectivity index (χ3v) is 3.44. The first kappa shape index (κ1) is 20.5. The van der Waals surface area contributed by atoms with Crippen LogP contribution in [-0.4, -0.2) is 50.1 Å². The van der Waals surface area contributed by atoms with Crippen LogP contribution in [0.3, 0.4) is 0 Å². The van der Waals surface area contributed by atoms with E-state index in [-0.39, 0.29) is 36.5 Å². The van der Waals surface area contributed by atoms with Gasteiger partial charge in [-0.2, -0.15) is 0 Å². The molecule has 1 saturated carbocycles. The smallest absolute Gasteiger partial charge is 0.259 e. The SMILES string of the molecule is CCNC(=NCc1cccc(OCC(=O)N(C)C)c1)NC1CC1.I. The number of guanidine groups is 1. The van der Waals surface area contributed by atoms with Gasteiger partial charge in [0.15, 0.2) is 12.6 Å². The lowest BCUT2D eigenvalue weighted by Crippen LogP contribution is -2.38. The van der Waals surface area contributed by atoms with Crippen LogP contribution in [0.4, 0.5) is 0 Å². The highest BCUT2D eigenvalue weighted by atomic mass is 127. The average molecular weight is 446 g/mol. The van der Waals surface area contributed by atoms with Crippen molar-refractivity contribution in [2.24, 2.45) is 4.99 Å². The molecule has 0 atom stereocenters. The van der Waals surface area contributed by atoms with Crippen LogP contribution >= 0.6 is 24.0 Å². The predicted molar refractivity (Wildman–Crippen MR) is 107 cm³/mol. The largest absolute Gasteiger partial charge is 0.484 e. The number of amides is 1. The quantitative estimate of drug-likeness (QED) is 0.382. The molecule has 0 heterocycles. The van der Waals surface area contributed by atoms with Crippen molar-refractivity contribution in [1.82, 2.24) is 15.5 Å². The first-order chi connectivity index (χ1) is 11.1. The summed E-state index contributed by atoms with van der Waals surface area (Å²) in [6, 6.07) is 8.27. The minimum absolute atomic E-state index is 0. The third kappa shape index (κ3) is 7.37. The van der Waals surface area contributed by atoms with Crippen LogP contribution in [-0.2, 0) is 11.3 Å². The van der Waals surface area contributed by atoms with Crippen LogP contribution in [0.1, 0.15) is 25.3 Å². The Morgan fingerprint density at radius 2 is 2.12 bits per heavy atom. The number of carbonyl (C=O) groups excluding carboxylic acids is 1. The van der Waals surface area contributed by atoms with E-state index in [2.05, 4.69) is 22.5 Å². The van der Waals surface area contributed by atoms with Gasteiger partial charge in [0.25, 0.3) is 5.91 Å². The van der Waals surface area contributed by atoms with Crippen LogP contribution in [0.15, 0.2) is 29.3 Å². The number of nitrogens with one attached hydrogen (secondary N) is 2. The van der Waals surface area contributed by atoms with Crippen LogP contribution in [0.25, 0.3) is 0 Å². The maximum atomic E-state index is 11.6. The number of nitrogens with zero attached hydrogens (tertiary/aromatic N) is 2. The molecule has 1 aromatic carbocycles. The summed E-state index contributed by atoms with van der Waals surface area (Å²) >= 11 is 0. The summed E-state index contributed by atoms with van der Waals surface area (Å²) in [5.74, 6) is 1.48. The van der Waals surface area contributed by atoms with E-state index in [1.165, 1.54) is 17.7 Å². The number of hydrogen-bond donors (Lipinski definition) is 2. The fourth-order valence-corrected chi connectivity index (χ4v) is 1.92. The molecule has 1 aromatic rings. The number of ether oxygens (including phenoxy) is 1. The van der Waals surface area contributed by atoms with E-state index in [4.69, 9.17) is 4.74 Å². The molecule has 0 unspecified atom stereocenters. The number of carbonyl (C=O) groups is 1. The maximum absolute atomic E-state index is 11.6. The molecule has 0 saturated heterocycles. The van der Waals surface area contributed by atoms with Gasteiger partial charge < -0.3 is 20.3 Å². The molecule has 0 bridgehead atoms. The first-order valence-corrected chi connectivity index (χ1v) is 8.05. The lowest BCUT2D eigenvalue weighted by atomic mass is 10.2. The molecular weight excluding hydrogens is 419 g/mol. The molecule has 134 valence electrons. The Morgan fingerprint density at radius 3 is 2.75 bits per heavy atom. The monoisotopic (exact) mass is 446 g/mol. The summed E-state index contributed by atoms with van der Waals surface area (Å²) in [4.78, 5) is 17.7. The molecule has 0 aromatic heterocycles. The molecule has 0 aliphatic heterocycles. The number of rotatable bonds is 7. The van der Waals surface area contributed by atoms with E-state index in [1.54, 1.807) is 14.1 Å². The van der Waals surface area contributed by atoms with Gasteiger partial charge in [-0.15, -0.1) is 24.0 Å². The average Bonchev–Trinajstić information content (AvgIpc) is 3.35. The van der Waals surface area contributed by atoms with Gasteiger partial charge in [-0.25, -0.2) is 4.99 Å². The third-order valence-electron chi connectivity index (χ3n) is 3.44. The second-order valence-corrected chi connectivity index (χ2v) is 5.84. The molecule has 6 nitrogen and oxygen atoms in total. The Bertz CT molecular complexity index is 559. The molecule has 1 aliphatic carbocycles. The van der Waals surface area contributed by atoms with Gasteiger partial charge in [-0.3, -0.25) is 4.79 Å². The number of likely N-dealkylation sites (N-methyl/N-ethyl adjacent to an activating group) is 1. The van der Waals surface area contributed by atoms with Gasteiger partial charge >= 0.3 is 0 Å². The van der Waals surface area contributed by atoms with Crippen LogP contribution in [0.5, 0.6) is 5.75 Å². The zero-order valence-corrected chi connectivity index (χ0v) is 16.9. The van der Waals surface area contributed by atoms with E-state index < -0.39 is 0 Å². The van der Waals surface area contributed by atoms with Crippen LogP contribution < -0.4 is 15.4 Å². The highest BCUT2D eigenvalue weighted by Crippen LogP contribution is 2.18. The van der Waals surface area contributed by atoms with E-state index in [1.807, 2.05) is 24.3 Å². The molecule has 1 aliphatic rings. The highest BCUT2D eigenvalue weighted by molar-refractivity contribution is 14.0. The molecule has 7 heteroatoms. The molecular formula is C17H27IN4O2. The van der Waals surface area contributed by atoms with Crippen molar-refractivity contribution < 1.29 is 9.53 Å². The molecule has 24 heavy (non-hydrogen) atoms. The second-order valence-electron chi connectivity index (χ2n) is 5.84. The van der Waals surface area contributed by atoms with Crippen molar-refractivity contribution in [3.63, 3.8) is 0 Å². The molecule has 2 rings (SSSR count). The predicted octanol–water partition coefficient (Wildman–Crippen LogP) is 1.99. The van der Waals surface area contributed by atoms with Gasteiger partial charge in [-0.1, -0.05) is 12.1 Å². The van der Waals surface area contributed by atoms with Crippen molar-refractivity contribution in [3.05, 3.63) is 29.8 Å². The van der Waals surface area contributed by atoms with Gasteiger partial charge in [-0.05, 0) is 37.5 Å². The first-order valence-electron chi connectivity index (χ1n) is 8.05. The normalized spacial score (nSPS) is 13.7. The minimum Gasteiger partial charge on any atom is -0.484 e. The van der Waals surface area contributed by atoms with E-state index in [9.17, 15) is 4.79 Å². The summed E-state index contributed by atoms with van der Waals surface area (Å²) in [6.07, 6.45) is 2.43.